The lowest BCUT2D eigenvalue weighted by atomic mass is 10.3. The number of nitrogen functional groups attached to an aromatic ring is 1. The Labute approximate surface area is 124 Å². The fraction of sp³-hybridized carbons (Fsp3) is 0.462. The van der Waals surface area contributed by atoms with E-state index in [0.717, 1.165) is 0 Å². The SMILES string of the molecule is Nc1ccc(OCCS(=O)(=O)N2CCNC(=O)CC2)cc1. The number of benzene rings is 1. The van der Waals surface area contributed by atoms with Crippen molar-refractivity contribution in [1.29, 1.82) is 0 Å². The molecule has 1 aliphatic rings. The van der Waals surface area contributed by atoms with Crippen LogP contribution in [0.3, 0.4) is 0 Å². The second-order valence-electron chi connectivity index (χ2n) is 4.73. The average Bonchev–Trinajstić information content (AvgIpc) is 2.66. The molecule has 0 bridgehead atoms. The molecule has 0 aliphatic carbocycles. The van der Waals surface area contributed by atoms with Crippen LogP contribution in [-0.4, -0.2) is 50.6 Å². The summed E-state index contributed by atoms with van der Waals surface area (Å²) >= 11 is 0. The van der Waals surface area contributed by atoms with E-state index in [1.807, 2.05) is 0 Å². The molecule has 0 spiro atoms. The summed E-state index contributed by atoms with van der Waals surface area (Å²) in [5.41, 5.74) is 6.18. The first kappa shape index (κ1) is 15.6. The van der Waals surface area contributed by atoms with Crippen LogP contribution in [-0.2, 0) is 14.8 Å². The molecule has 1 saturated heterocycles. The summed E-state index contributed by atoms with van der Waals surface area (Å²) in [5, 5.41) is 2.65. The molecule has 1 aliphatic heterocycles. The van der Waals surface area contributed by atoms with E-state index in [0.29, 0.717) is 24.5 Å². The molecule has 1 heterocycles. The Morgan fingerprint density at radius 1 is 1.24 bits per heavy atom. The van der Waals surface area contributed by atoms with Crippen LogP contribution in [0.15, 0.2) is 24.3 Å². The standard InChI is InChI=1S/C13H19N3O4S/c14-11-1-3-12(4-2-11)20-9-10-21(18,19)16-7-5-13(17)15-6-8-16/h1-4H,5-10,14H2,(H,15,17). The van der Waals surface area contributed by atoms with Crippen LogP contribution in [0.2, 0.25) is 0 Å². The Kier molecular flexibility index (Phi) is 5.03. The molecule has 1 fully saturated rings. The molecule has 2 rings (SSSR count). The highest BCUT2D eigenvalue weighted by Gasteiger charge is 2.24. The molecular weight excluding hydrogens is 294 g/mol. The highest BCUT2D eigenvalue weighted by atomic mass is 32.2. The summed E-state index contributed by atoms with van der Waals surface area (Å²) in [6.07, 6.45) is 0.193. The number of sulfonamides is 1. The third kappa shape index (κ3) is 4.61. The predicted octanol–water partition coefficient (Wildman–Crippen LogP) is -0.201. The number of nitrogens with one attached hydrogen (secondary N) is 1. The lowest BCUT2D eigenvalue weighted by Crippen LogP contribution is -2.37. The highest BCUT2D eigenvalue weighted by molar-refractivity contribution is 7.89. The molecule has 1 aromatic carbocycles. The van der Waals surface area contributed by atoms with Crippen molar-refractivity contribution in [2.45, 2.75) is 6.42 Å². The van der Waals surface area contributed by atoms with Gasteiger partial charge in [0.05, 0.1) is 5.75 Å². The number of rotatable bonds is 5. The van der Waals surface area contributed by atoms with E-state index in [2.05, 4.69) is 5.32 Å². The van der Waals surface area contributed by atoms with E-state index in [1.165, 1.54) is 4.31 Å². The van der Waals surface area contributed by atoms with Gasteiger partial charge in [0.15, 0.2) is 0 Å². The van der Waals surface area contributed by atoms with Crippen molar-refractivity contribution in [1.82, 2.24) is 9.62 Å². The number of amides is 1. The molecule has 1 amide bonds. The van der Waals surface area contributed by atoms with Crippen LogP contribution in [0.5, 0.6) is 5.75 Å². The van der Waals surface area contributed by atoms with Crippen LogP contribution >= 0.6 is 0 Å². The molecule has 0 atom stereocenters. The summed E-state index contributed by atoms with van der Waals surface area (Å²) in [7, 11) is -3.42. The lowest BCUT2D eigenvalue weighted by molar-refractivity contribution is -0.120. The minimum Gasteiger partial charge on any atom is -0.492 e. The molecule has 21 heavy (non-hydrogen) atoms. The predicted molar refractivity (Wildman–Crippen MR) is 79.3 cm³/mol. The fourth-order valence-corrected chi connectivity index (χ4v) is 3.27. The zero-order chi connectivity index (χ0) is 15.3. The van der Waals surface area contributed by atoms with Crippen LogP contribution < -0.4 is 15.8 Å². The maximum atomic E-state index is 12.2. The smallest absolute Gasteiger partial charge is 0.221 e. The molecule has 0 saturated carbocycles. The van der Waals surface area contributed by atoms with Crippen molar-refractivity contribution in [3.63, 3.8) is 0 Å². The minimum absolute atomic E-state index is 0.0596. The first-order valence-electron chi connectivity index (χ1n) is 6.70. The van der Waals surface area contributed by atoms with E-state index >= 15 is 0 Å². The topological polar surface area (TPSA) is 102 Å². The number of hydrogen-bond donors (Lipinski definition) is 2. The maximum Gasteiger partial charge on any atom is 0.221 e. The summed E-state index contributed by atoms with van der Waals surface area (Å²) in [4.78, 5) is 11.2. The Hall–Kier alpha value is -1.80. The average molecular weight is 313 g/mol. The zero-order valence-corrected chi connectivity index (χ0v) is 12.4. The van der Waals surface area contributed by atoms with Crippen molar-refractivity contribution in [3.05, 3.63) is 24.3 Å². The third-order valence-corrected chi connectivity index (χ3v) is 4.99. The molecule has 0 aromatic heterocycles. The van der Waals surface area contributed by atoms with Crippen LogP contribution in [0.1, 0.15) is 6.42 Å². The Bertz CT molecular complexity index is 586. The van der Waals surface area contributed by atoms with Crippen molar-refractivity contribution in [3.8, 4) is 5.75 Å². The lowest BCUT2D eigenvalue weighted by Gasteiger charge is -2.19. The van der Waals surface area contributed by atoms with Gasteiger partial charge in [-0.25, -0.2) is 8.42 Å². The van der Waals surface area contributed by atoms with E-state index in [-0.39, 0.29) is 31.2 Å². The van der Waals surface area contributed by atoms with Gasteiger partial charge in [-0.05, 0) is 24.3 Å². The molecule has 0 radical (unpaired) electrons. The van der Waals surface area contributed by atoms with Gasteiger partial charge in [-0.15, -0.1) is 0 Å². The summed E-state index contributed by atoms with van der Waals surface area (Å²) < 4.78 is 31.1. The van der Waals surface area contributed by atoms with Gasteiger partial charge in [0.1, 0.15) is 12.4 Å². The monoisotopic (exact) mass is 313 g/mol. The molecule has 3 N–H and O–H groups in total. The first-order valence-corrected chi connectivity index (χ1v) is 8.31. The number of carbonyl (C=O) groups is 1. The van der Waals surface area contributed by atoms with Gasteiger partial charge in [0, 0.05) is 31.7 Å². The minimum atomic E-state index is -3.42. The second-order valence-corrected chi connectivity index (χ2v) is 6.82. The second kappa shape index (κ2) is 6.77. The number of hydrogen-bond acceptors (Lipinski definition) is 5. The molecule has 8 heteroatoms. The molecular formula is C13H19N3O4S. The largest absolute Gasteiger partial charge is 0.492 e. The van der Waals surface area contributed by atoms with Gasteiger partial charge < -0.3 is 15.8 Å². The molecule has 0 unspecified atom stereocenters. The van der Waals surface area contributed by atoms with E-state index < -0.39 is 10.0 Å². The summed E-state index contributed by atoms with van der Waals surface area (Å²) in [6, 6.07) is 6.76. The highest BCUT2D eigenvalue weighted by Crippen LogP contribution is 2.13. The van der Waals surface area contributed by atoms with Crippen LogP contribution in [0.25, 0.3) is 0 Å². The maximum absolute atomic E-state index is 12.2. The first-order chi connectivity index (χ1) is 9.97. The quantitative estimate of drug-likeness (QED) is 0.733. The van der Waals surface area contributed by atoms with Crippen LogP contribution in [0, 0.1) is 0 Å². The summed E-state index contributed by atoms with van der Waals surface area (Å²) in [5.74, 6) is 0.337. The number of ether oxygens (including phenoxy) is 1. The van der Waals surface area contributed by atoms with Crippen molar-refractivity contribution in [2.75, 3.05) is 37.7 Å². The number of nitrogens with zero attached hydrogens (tertiary/aromatic N) is 1. The van der Waals surface area contributed by atoms with Crippen molar-refractivity contribution >= 4 is 21.6 Å². The van der Waals surface area contributed by atoms with E-state index in [4.69, 9.17) is 10.5 Å². The molecule has 116 valence electrons. The normalized spacial score (nSPS) is 17.0. The number of nitrogens with two attached hydrogens (primary N) is 1. The van der Waals surface area contributed by atoms with Gasteiger partial charge in [0.25, 0.3) is 0 Å². The Morgan fingerprint density at radius 2 is 1.95 bits per heavy atom. The van der Waals surface area contributed by atoms with E-state index in [1.54, 1.807) is 24.3 Å². The van der Waals surface area contributed by atoms with Crippen molar-refractivity contribution in [2.24, 2.45) is 0 Å². The third-order valence-electron chi connectivity index (χ3n) is 3.16. The van der Waals surface area contributed by atoms with Gasteiger partial charge in [-0.2, -0.15) is 4.31 Å². The van der Waals surface area contributed by atoms with Gasteiger partial charge in [0.2, 0.25) is 15.9 Å². The fourth-order valence-electron chi connectivity index (χ4n) is 1.98. The van der Waals surface area contributed by atoms with Gasteiger partial charge in [-0.3, -0.25) is 4.79 Å². The van der Waals surface area contributed by atoms with E-state index in [9.17, 15) is 13.2 Å². The van der Waals surface area contributed by atoms with Crippen molar-refractivity contribution < 1.29 is 17.9 Å². The molecule has 7 nitrogen and oxygen atoms in total. The Balaban J connectivity index is 1.86. The zero-order valence-electron chi connectivity index (χ0n) is 11.6. The number of carbonyl (C=O) groups excluding carboxylic acids is 1. The van der Waals surface area contributed by atoms with Gasteiger partial charge >= 0.3 is 0 Å². The number of anilines is 1. The van der Waals surface area contributed by atoms with Gasteiger partial charge in [-0.1, -0.05) is 0 Å². The van der Waals surface area contributed by atoms with Crippen LogP contribution in [0.4, 0.5) is 5.69 Å². The Morgan fingerprint density at radius 3 is 2.67 bits per heavy atom. The summed E-state index contributed by atoms with van der Waals surface area (Å²) in [6.45, 7) is 0.924. The molecule has 1 aromatic rings.